The molecule has 2 aromatic carbocycles. The highest BCUT2D eigenvalue weighted by molar-refractivity contribution is 6.30. The summed E-state index contributed by atoms with van der Waals surface area (Å²) in [4.78, 5) is 16.5. The summed E-state index contributed by atoms with van der Waals surface area (Å²) in [6, 6.07) is 15.7. The van der Waals surface area contributed by atoms with Crippen LogP contribution in [-0.2, 0) is 0 Å². The number of hydrogen-bond acceptors (Lipinski definition) is 4. The molecule has 3 rings (SSSR count). The van der Waals surface area contributed by atoms with Crippen molar-refractivity contribution in [2.45, 2.75) is 6.92 Å². The van der Waals surface area contributed by atoms with E-state index in [1.54, 1.807) is 60.1 Å². The number of hydrogen-bond donors (Lipinski definition) is 1. The van der Waals surface area contributed by atoms with Gasteiger partial charge in [0, 0.05) is 10.7 Å². The molecule has 7 heteroatoms. The topological polar surface area (TPSA) is 83.6 Å². The number of nitrogens with zero attached hydrogens (tertiary/aromatic N) is 4. The third-order valence-electron chi connectivity index (χ3n) is 3.29. The number of benzene rings is 2. The Hall–Kier alpha value is -3.17. The van der Waals surface area contributed by atoms with Gasteiger partial charge in [0.05, 0.1) is 17.3 Å². The minimum Gasteiger partial charge on any atom is -0.319 e. The molecule has 118 valence electrons. The summed E-state index contributed by atoms with van der Waals surface area (Å²) in [6.07, 6.45) is 0. The van der Waals surface area contributed by atoms with Crippen LogP contribution in [-0.4, -0.2) is 20.7 Å². The third-order valence-corrected chi connectivity index (χ3v) is 3.54. The molecule has 0 saturated carbocycles. The van der Waals surface area contributed by atoms with Gasteiger partial charge < -0.3 is 5.32 Å². The standard InChI is InChI=1S/C17H12ClN5O/c1-11-20-16(22-23(11)15-7-5-13(18)6-8-15)17(24)21-14-4-2-3-12(9-14)10-19/h2-9H,1H3,(H,21,24). The van der Waals surface area contributed by atoms with Crippen LogP contribution in [0.2, 0.25) is 5.02 Å². The second kappa shape index (κ2) is 6.52. The first-order valence-corrected chi connectivity index (χ1v) is 7.46. The highest BCUT2D eigenvalue weighted by atomic mass is 35.5. The largest absolute Gasteiger partial charge is 0.319 e. The molecule has 3 aromatic rings. The van der Waals surface area contributed by atoms with E-state index in [1.165, 1.54) is 0 Å². The number of nitriles is 1. The maximum atomic E-state index is 12.3. The van der Waals surface area contributed by atoms with Gasteiger partial charge in [0.1, 0.15) is 5.82 Å². The van der Waals surface area contributed by atoms with E-state index in [-0.39, 0.29) is 5.82 Å². The van der Waals surface area contributed by atoms with Crippen molar-refractivity contribution in [2.75, 3.05) is 5.32 Å². The quantitative estimate of drug-likeness (QED) is 0.794. The highest BCUT2D eigenvalue weighted by Crippen LogP contribution is 2.15. The van der Waals surface area contributed by atoms with Crippen molar-refractivity contribution < 1.29 is 4.79 Å². The van der Waals surface area contributed by atoms with Gasteiger partial charge in [-0.05, 0) is 49.4 Å². The fourth-order valence-corrected chi connectivity index (χ4v) is 2.29. The van der Waals surface area contributed by atoms with E-state index in [2.05, 4.69) is 15.4 Å². The minimum absolute atomic E-state index is 0.0461. The monoisotopic (exact) mass is 337 g/mol. The molecule has 0 bridgehead atoms. The maximum absolute atomic E-state index is 12.3. The Balaban J connectivity index is 1.85. The summed E-state index contributed by atoms with van der Waals surface area (Å²) in [7, 11) is 0. The van der Waals surface area contributed by atoms with Gasteiger partial charge in [0.25, 0.3) is 5.91 Å². The first-order valence-electron chi connectivity index (χ1n) is 7.08. The molecule has 0 aliphatic carbocycles. The van der Waals surface area contributed by atoms with Crippen LogP contribution >= 0.6 is 11.6 Å². The lowest BCUT2D eigenvalue weighted by molar-refractivity contribution is 0.101. The molecule has 0 spiro atoms. The Labute approximate surface area is 143 Å². The van der Waals surface area contributed by atoms with Crippen molar-refractivity contribution in [2.24, 2.45) is 0 Å². The van der Waals surface area contributed by atoms with Gasteiger partial charge in [0.15, 0.2) is 0 Å². The van der Waals surface area contributed by atoms with Crippen LogP contribution in [0.15, 0.2) is 48.5 Å². The lowest BCUT2D eigenvalue weighted by atomic mass is 10.2. The van der Waals surface area contributed by atoms with Crippen LogP contribution in [0, 0.1) is 18.3 Å². The number of nitrogens with one attached hydrogen (secondary N) is 1. The average molecular weight is 338 g/mol. The summed E-state index contributed by atoms with van der Waals surface area (Å²) in [5, 5.41) is 16.4. The number of carbonyl (C=O) groups is 1. The molecule has 0 aliphatic heterocycles. The molecule has 1 aromatic heterocycles. The fourth-order valence-electron chi connectivity index (χ4n) is 2.17. The second-order valence-electron chi connectivity index (χ2n) is 5.02. The van der Waals surface area contributed by atoms with E-state index in [0.29, 0.717) is 22.1 Å². The van der Waals surface area contributed by atoms with E-state index < -0.39 is 5.91 Å². The molecule has 1 heterocycles. The predicted molar refractivity (Wildman–Crippen MR) is 90.2 cm³/mol. The van der Waals surface area contributed by atoms with E-state index in [0.717, 1.165) is 5.69 Å². The average Bonchev–Trinajstić information content (AvgIpc) is 2.98. The van der Waals surface area contributed by atoms with Crippen LogP contribution in [0.1, 0.15) is 22.0 Å². The van der Waals surface area contributed by atoms with Crippen LogP contribution in [0.4, 0.5) is 5.69 Å². The fraction of sp³-hybridized carbons (Fsp3) is 0.0588. The molecule has 6 nitrogen and oxygen atoms in total. The Bertz CT molecular complexity index is 940. The summed E-state index contributed by atoms with van der Waals surface area (Å²) in [5.41, 5.74) is 1.73. The zero-order valence-corrected chi connectivity index (χ0v) is 13.4. The van der Waals surface area contributed by atoms with Gasteiger partial charge in [-0.3, -0.25) is 4.79 Å². The molecule has 24 heavy (non-hydrogen) atoms. The number of anilines is 1. The minimum atomic E-state index is -0.444. The van der Waals surface area contributed by atoms with Gasteiger partial charge in [-0.1, -0.05) is 17.7 Å². The van der Waals surface area contributed by atoms with Gasteiger partial charge in [-0.25, -0.2) is 9.67 Å². The van der Waals surface area contributed by atoms with E-state index in [9.17, 15) is 4.79 Å². The summed E-state index contributed by atoms with van der Waals surface area (Å²) >= 11 is 5.88. The number of rotatable bonds is 3. The van der Waals surface area contributed by atoms with Gasteiger partial charge in [0.2, 0.25) is 5.82 Å². The smallest absolute Gasteiger partial charge is 0.295 e. The molecule has 0 aliphatic rings. The second-order valence-corrected chi connectivity index (χ2v) is 5.45. The lowest BCUT2D eigenvalue weighted by Gasteiger charge is -2.03. The number of aromatic nitrogens is 3. The first kappa shape index (κ1) is 15.7. The molecule has 0 unspecified atom stereocenters. The van der Waals surface area contributed by atoms with Crippen molar-refractivity contribution in [1.29, 1.82) is 5.26 Å². The van der Waals surface area contributed by atoms with E-state index >= 15 is 0 Å². The number of carbonyl (C=O) groups excluding carboxylic acids is 1. The van der Waals surface area contributed by atoms with E-state index in [1.807, 2.05) is 6.07 Å². The third kappa shape index (κ3) is 3.26. The van der Waals surface area contributed by atoms with Crippen molar-refractivity contribution in [1.82, 2.24) is 14.8 Å². The SMILES string of the molecule is Cc1nc(C(=O)Nc2cccc(C#N)c2)nn1-c1ccc(Cl)cc1. The summed E-state index contributed by atoms with van der Waals surface area (Å²) in [6.45, 7) is 1.76. The number of halogens is 1. The van der Waals surface area contributed by atoms with Crippen LogP contribution in [0.3, 0.4) is 0 Å². The zero-order valence-electron chi connectivity index (χ0n) is 12.7. The van der Waals surface area contributed by atoms with Gasteiger partial charge in [-0.15, -0.1) is 5.10 Å². The molecule has 0 atom stereocenters. The van der Waals surface area contributed by atoms with Crippen molar-refractivity contribution in [3.8, 4) is 11.8 Å². The number of aryl methyl sites for hydroxylation is 1. The summed E-state index contributed by atoms with van der Waals surface area (Å²) < 4.78 is 1.57. The van der Waals surface area contributed by atoms with Crippen molar-refractivity contribution >= 4 is 23.2 Å². The number of amides is 1. The maximum Gasteiger partial charge on any atom is 0.295 e. The molecule has 1 N–H and O–H groups in total. The molecular weight excluding hydrogens is 326 g/mol. The highest BCUT2D eigenvalue weighted by Gasteiger charge is 2.15. The molecular formula is C17H12ClN5O. The molecule has 0 saturated heterocycles. The Morgan fingerprint density at radius 3 is 2.71 bits per heavy atom. The normalized spacial score (nSPS) is 10.2. The molecule has 1 amide bonds. The Kier molecular flexibility index (Phi) is 4.27. The summed E-state index contributed by atoms with van der Waals surface area (Å²) in [5.74, 6) is 0.180. The Morgan fingerprint density at radius 1 is 1.25 bits per heavy atom. The Morgan fingerprint density at radius 2 is 2.00 bits per heavy atom. The van der Waals surface area contributed by atoms with Crippen LogP contribution < -0.4 is 5.32 Å². The van der Waals surface area contributed by atoms with Crippen LogP contribution in [0.5, 0.6) is 0 Å². The van der Waals surface area contributed by atoms with E-state index in [4.69, 9.17) is 16.9 Å². The molecule has 0 fully saturated rings. The van der Waals surface area contributed by atoms with Crippen LogP contribution in [0.25, 0.3) is 5.69 Å². The lowest BCUT2D eigenvalue weighted by Crippen LogP contribution is -2.14. The van der Waals surface area contributed by atoms with Crippen molar-refractivity contribution in [3.63, 3.8) is 0 Å². The van der Waals surface area contributed by atoms with Gasteiger partial charge >= 0.3 is 0 Å². The molecule has 0 radical (unpaired) electrons. The van der Waals surface area contributed by atoms with Crippen molar-refractivity contribution in [3.05, 3.63) is 70.8 Å². The zero-order chi connectivity index (χ0) is 17.1. The first-order chi connectivity index (χ1) is 11.6. The van der Waals surface area contributed by atoms with Gasteiger partial charge in [-0.2, -0.15) is 5.26 Å². The predicted octanol–water partition coefficient (Wildman–Crippen LogP) is 3.35.